The molecule has 0 saturated carbocycles. The molecule has 1 aliphatic heterocycles. The molecule has 0 radical (unpaired) electrons. The maximum atomic E-state index is 5.99. The molecule has 1 aromatic rings. The van der Waals surface area contributed by atoms with Crippen molar-refractivity contribution in [3.63, 3.8) is 0 Å². The number of fused-ring (bicyclic) bond motifs is 5. The molecule has 1 aromatic heterocycles. The van der Waals surface area contributed by atoms with Crippen LogP contribution in [0.4, 0.5) is 0 Å². The lowest BCUT2D eigenvalue weighted by Crippen LogP contribution is -2.37. The minimum Gasteiger partial charge on any atom is -0.294 e. The van der Waals surface area contributed by atoms with Crippen LogP contribution in [0.1, 0.15) is 49.9 Å². The van der Waals surface area contributed by atoms with Gasteiger partial charge in [0, 0.05) is 18.0 Å². The normalized spacial score (nSPS) is 28.5. The molecule has 86 valence electrons. The van der Waals surface area contributed by atoms with Crippen molar-refractivity contribution in [1.82, 2.24) is 9.88 Å². The molecule has 1 aliphatic carbocycles. The summed E-state index contributed by atoms with van der Waals surface area (Å²) in [5.74, 6) is 0.647. The van der Waals surface area contributed by atoms with Gasteiger partial charge < -0.3 is 0 Å². The van der Waals surface area contributed by atoms with Gasteiger partial charge in [0.25, 0.3) is 0 Å². The molecular formula is C13H17ClN2. The molecule has 1 saturated heterocycles. The van der Waals surface area contributed by atoms with Crippen molar-refractivity contribution in [3.8, 4) is 0 Å². The second kappa shape index (κ2) is 3.71. The van der Waals surface area contributed by atoms with Gasteiger partial charge in [-0.2, -0.15) is 0 Å². The van der Waals surface area contributed by atoms with Gasteiger partial charge in [0.15, 0.2) is 0 Å². The van der Waals surface area contributed by atoms with Crippen molar-refractivity contribution in [2.45, 2.75) is 44.7 Å². The highest BCUT2D eigenvalue weighted by Crippen LogP contribution is 2.48. The van der Waals surface area contributed by atoms with Crippen LogP contribution in [-0.2, 0) is 0 Å². The molecule has 0 unspecified atom stereocenters. The molecule has 0 N–H and O–H groups in total. The molecule has 2 atom stereocenters. The smallest absolute Gasteiger partial charge is 0.129 e. The zero-order chi connectivity index (χ0) is 11.3. The van der Waals surface area contributed by atoms with Crippen molar-refractivity contribution in [2.24, 2.45) is 0 Å². The second-order valence-electron chi connectivity index (χ2n) is 5.18. The van der Waals surface area contributed by atoms with Gasteiger partial charge in [0.05, 0.1) is 5.69 Å². The van der Waals surface area contributed by atoms with E-state index in [1.165, 1.54) is 30.6 Å². The Morgan fingerprint density at radius 3 is 3.00 bits per heavy atom. The quantitative estimate of drug-likeness (QED) is 0.695. The van der Waals surface area contributed by atoms with E-state index >= 15 is 0 Å². The maximum Gasteiger partial charge on any atom is 0.129 e. The topological polar surface area (TPSA) is 16.1 Å². The van der Waals surface area contributed by atoms with Crippen molar-refractivity contribution in [1.29, 1.82) is 0 Å². The number of rotatable bonds is 1. The van der Waals surface area contributed by atoms with Crippen LogP contribution in [0.3, 0.4) is 0 Å². The van der Waals surface area contributed by atoms with Crippen molar-refractivity contribution >= 4 is 11.6 Å². The third kappa shape index (κ3) is 1.47. The van der Waals surface area contributed by atoms with Crippen LogP contribution in [0.25, 0.3) is 0 Å². The average molecular weight is 237 g/mol. The summed E-state index contributed by atoms with van der Waals surface area (Å²) < 4.78 is 0. The van der Waals surface area contributed by atoms with E-state index in [-0.39, 0.29) is 0 Å². The summed E-state index contributed by atoms with van der Waals surface area (Å²) in [4.78, 5) is 7.12. The predicted octanol–water partition coefficient (Wildman–Crippen LogP) is 3.38. The lowest BCUT2D eigenvalue weighted by atomic mass is 9.96. The van der Waals surface area contributed by atoms with Crippen molar-refractivity contribution in [2.75, 3.05) is 6.54 Å². The third-order valence-electron chi connectivity index (χ3n) is 3.98. The molecule has 2 nitrogen and oxygen atoms in total. The Morgan fingerprint density at radius 2 is 2.25 bits per heavy atom. The van der Waals surface area contributed by atoms with Gasteiger partial charge in [-0.3, -0.25) is 4.90 Å². The van der Waals surface area contributed by atoms with Crippen LogP contribution in [0, 0.1) is 0 Å². The summed E-state index contributed by atoms with van der Waals surface area (Å²) in [5.41, 5.74) is 2.68. The van der Waals surface area contributed by atoms with Crippen LogP contribution >= 0.6 is 11.6 Å². The molecular weight excluding hydrogens is 220 g/mol. The fourth-order valence-corrected chi connectivity index (χ4v) is 3.38. The van der Waals surface area contributed by atoms with Gasteiger partial charge in [-0.05, 0) is 44.9 Å². The zero-order valence-corrected chi connectivity index (χ0v) is 10.5. The zero-order valence-electron chi connectivity index (χ0n) is 9.78. The molecule has 0 amide bonds. The third-order valence-corrected chi connectivity index (χ3v) is 4.19. The first-order chi connectivity index (χ1) is 7.66. The van der Waals surface area contributed by atoms with Crippen LogP contribution < -0.4 is 0 Å². The maximum absolute atomic E-state index is 5.99. The first-order valence-corrected chi connectivity index (χ1v) is 6.46. The van der Waals surface area contributed by atoms with Gasteiger partial charge in [0.2, 0.25) is 0 Å². The molecule has 2 heterocycles. The summed E-state index contributed by atoms with van der Waals surface area (Å²) in [6.45, 7) is 5.75. The van der Waals surface area contributed by atoms with Gasteiger partial charge in [-0.15, -0.1) is 0 Å². The molecule has 16 heavy (non-hydrogen) atoms. The Kier molecular flexibility index (Phi) is 2.45. The summed E-state index contributed by atoms with van der Waals surface area (Å²) in [7, 11) is 0. The van der Waals surface area contributed by atoms with Gasteiger partial charge in [-0.25, -0.2) is 4.98 Å². The van der Waals surface area contributed by atoms with Gasteiger partial charge in [-0.1, -0.05) is 17.7 Å². The van der Waals surface area contributed by atoms with E-state index in [0.29, 0.717) is 23.2 Å². The molecule has 3 rings (SSSR count). The van der Waals surface area contributed by atoms with E-state index in [1.807, 2.05) is 6.07 Å². The minimum atomic E-state index is 0.582. The Labute approximate surface area is 102 Å². The molecule has 0 spiro atoms. The summed E-state index contributed by atoms with van der Waals surface area (Å²) in [6.07, 6.45) is 2.47. The van der Waals surface area contributed by atoms with Gasteiger partial charge >= 0.3 is 0 Å². The van der Waals surface area contributed by atoms with Crippen LogP contribution in [0.15, 0.2) is 12.1 Å². The number of nitrogens with zero attached hydrogens (tertiary/aromatic N) is 2. The summed E-state index contributed by atoms with van der Waals surface area (Å²) in [6, 6.07) is 5.31. The average Bonchev–Trinajstić information content (AvgIpc) is 2.52. The first-order valence-electron chi connectivity index (χ1n) is 6.09. The van der Waals surface area contributed by atoms with E-state index in [0.717, 1.165) is 0 Å². The Balaban J connectivity index is 2.03. The predicted molar refractivity (Wildman–Crippen MR) is 65.8 cm³/mol. The fourth-order valence-electron chi connectivity index (χ4n) is 3.23. The van der Waals surface area contributed by atoms with E-state index < -0.39 is 0 Å². The lowest BCUT2D eigenvalue weighted by Gasteiger charge is -2.36. The fraction of sp³-hybridized carbons (Fsp3) is 0.615. The highest BCUT2D eigenvalue weighted by molar-refractivity contribution is 6.29. The molecule has 2 aliphatic rings. The van der Waals surface area contributed by atoms with E-state index in [9.17, 15) is 0 Å². The number of pyridine rings is 1. The number of hydrogen-bond donors (Lipinski definition) is 0. The Hall–Kier alpha value is -0.600. The second-order valence-corrected chi connectivity index (χ2v) is 5.56. The largest absolute Gasteiger partial charge is 0.294 e. The number of aromatic nitrogens is 1. The lowest BCUT2D eigenvalue weighted by molar-refractivity contribution is 0.116. The SMILES string of the molecule is CC(C)N1CC[C@H]2C[C@@H]1c1ccc(Cl)nc12. The summed E-state index contributed by atoms with van der Waals surface area (Å²) in [5, 5.41) is 0.641. The van der Waals surface area contributed by atoms with Crippen molar-refractivity contribution < 1.29 is 0 Å². The highest BCUT2D eigenvalue weighted by Gasteiger charge is 2.40. The number of halogens is 1. The molecule has 2 bridgehead atoms. The Bertz CT molecular complexity index is 416. The summed E-state index contributed by atoms with van der Waals surface area (Å²) >= 11 is 5.99. The van der Waals surface area contributed by atoms with Crippen molar-refractivity contribution in [3.05, 3.63) is 28.5 Å². The van der Waals surface area contributed by atoms with Crippen LogP contribution in [0.2, 0.25) is 5.15 Å². The number of hydrogen-bond acceptors (Lipinski definition) is 2. The standard InChI is InChI=1S/C13H17ClN2/c1-8(2)16-6-5-9-7-11(16)10-3-4-12(14)15-13(9)10/h3-4,8-9,11H,5-7H2,1-2H3/t9-,11+/m0/s1. The molecule has 0 aromatic carbocycles. The highest BCUT2D eigenvalue weighted by atomic mass is 35.5. The van der Waals surface area contributed by atoms with E-state index in [4.69, 9.17) is 11.6 Å². The van der Waals surface area contributed by atoms with E-state index in [1.54, 1.807) is 0 Å². The number of likely N-dealkylation sites (tertiary alicyclic amines) is 1. The minimum absolute atomic E-state index is 0.582. The van der Waals surface area contributed by atoms with Gasteiger partial charge in [0.1, 0.15) is 5.15 Å². The Morgan fingerprint density at radius 1 is 1.44 bits per heavy atom. The monoisotopic (exact) mass is 236 g/mol. The number of piperidine rings is 1. The molecule has 3 heteroatoms. The molecule has 1 fully saturated rings. The van der Waals surface area contributed by atoms with E-state index in [2.05, 4.69) is 29.8 Å². The van der Waals surface area contributed by atoms with Crippen LogP contribution in [-0.4, -0.2) is 22.5 Å². The van der Waals surface area contributed by atoms with Crippen LogP contribution in [0.5, 0.6) is 0 Å². The first kappa shape index (κ1) is 10.5.